The molecule has 2 aromatic heterocycles. The molecular weight excluding hydrogens is 206 g/mol. The molecule has 0 bridgehead atoms. The first-order chi connectivity index (χ1) is 7.86. The van der Waals surface area contributed by atoms with Crippen LogP contribution in [0.1, 0.15) is 0 Å². The highest BCUT2D eigenvalue weighted by atomic mass is 16.2. The van der Waals surface area contributed by atoms with Crippen molar-refractivity contribution in [3.05, 3.63) is 43.5 Å². The van der Waals surface area contributed by atoms with E-state index in [-0.39, 0.29) is 6.03 Å². The van der Waals surface area contributed by atoms with Crippen molar-refractivity contribution < 1.29 is 4.79 Å². The van der Waals surface area contributed by atoms with Gasteiger partial charge in [-0.1, -0.05) is 0 Å². The van der Waals surface area contributed by atoms with E-state index in [1.165, 1.54) is 10.9 Å². The third-order valence-corrected chi connectivity index (χ3v) is 1.91. The number of carbonyl (C=O) groups excluding carboxylic acids is 1. The van der Waals surface area contributed by atoms with Gasteiger partial charge in [0.25, 0.3) is 0 Å². The van der Waals surface area contributed by atoms with Gasteiger partial charge < -0.3 is 9.88 Å². The van der Waals surface area contributed by atoms with Crippen molar-refractivity contribution in [3.63, 3.8) is 0 Å². The van der Waals surface area contributed by atoms with E-state index in [9.17, 15) is 4.79 Å². The Balaban J connectivity index is 1.78. The second kappa shape index (κ2) is 4.92. The Kier molecular flexibility index (Phi) is 3.12. The van der Waals surface area contributed by atoms with Crippen LogP contribution >= 0.6 is 0 Å². The van der Waals surface area contributed by atoms with Crippen LogP contribution in [0.5, 0.6) is 0 Å². The summed E-state index contributed by atoms with van der Waals surface area (Å²) in [7, 11) is 0. The van der Waals surface area contributed by atoms with Gasteiger partial charge in [-0.15, -0.1) is 0 Å². The van der Waals surface area contributed by atoms with Gasteiger partial charge in [0.15, 0.2) is 0 Å². The quantitative estimate of drug-likeness (QED) is 0.827. The molecule has 0 spiro atoms. The van der Waals surface area contributed by atoms with Crippen LogP contribution < -0.4 is 5.32 Å². The lowest BCUT2D eigenvalue weighted by atomic mass is 10.6. The summed E-state index contributed by atoms with van der Waals surface area (Å²) in [5, 5.41) is 2.71. The van der Waals surface area contributed by atoms with Crippen molar-refractivity contribution in [2.75, 3.05) is 6.54 Å². The Hall–Kier alpha value is -2.37. The summed E-state index contributed by atoms with van der Waals surface area (Å²) < 4.78 is 3.18. The van der Waals surface area contributed by atoms with Crippen LogP contribution in [0.4, 0.5) is 4.79 Å². The molecule has 2 aromatic rings. The van der Waals surface area contributed by atoms with E-state index in [0.717, 1.165) is 0 Å². The third kappa shape index (κ3) is 2.57. The van der Waals surface area contributed by atoms with Crippen molar-refractivity contribution in [1.29, 1.82) is 0 Å². The number of hydrogen-bond donors (Lipinski definition) is 1. The van der Waals surface area contributed by atoms with E-state index in [1.54, 1.807) is 29.5 Å². The fourth-order valence-electron chi connectivity index (χ4n) is 1.15. The highest BCUT2D eigenvalue weighted by Crippen LogP contribution is 1.87. The minimum atomic E-state index is -0.201. The molecule has 16 heavy (non-hydrogen) atoms. The molecule has 0 saturated carbocycles. The second-order valence-corrected chi connectivity index (χ2v) is 3.05. The number of aromatic nitrogens is 4. The van der Waals surface area contributed by atoms with Crippen LogP contribution in [-0.4, -0.2) is 31.7 Å². The molecule has 0 saturated heterocycles. The molecule has 0 aliphatic heterocycles. The fourth-order valence-corrected chi connectivity index (χ4v) is 1.15. The average molecular weight is 217 g/mol. The molecule has 0 aliphatic rings. The SMILES string of the molecule is O=C(NCC=Cn1ccnc1)n1ccnc1. The van der Waals surface area contributed by atoms with Gasteiger partial charge in [-0.3, -0.25) is 4.57 Å². The predicted molar refractivity (Wildman–Crippen MR) is 58.6 cm³/mol. The summed E-state index contributed by atoms with van der Waals surface area (Å²) in [6.07, 6.45) is 13.4. The summed E-state index contributed by atoms with van der Waals surface area (Å²) >= 11 is 0. The first kappa shape index (κ1) is 10.2. The molecule has 1 N–H and O–H groups in total. The molecule has 82 valence electrons. The van der Waals surface area contributed by atoms with Crippen molar-refractivity contribution >= 4 is 12.2 Å². The van der Waals surface area contributed by atoms with Crippen molar-refractivity contribution in [3.8, 4) is 0 Å². The number of nitrogens with one attached hydrogen (secondary N) is 1. The second-order valence-electron chi connectivity index (χ2n) is 3.05. The highest BCUT2D eigenvalue weighted by Gasteiger charge is 1.99. The normalized spacial score (nSPS) is 10.8. The molecule has 1 amide bonds. The molecule has 2 heterocycles. The zero-order valence-corrected chi connectivity index (χ0v) is 8.52. The number of rotatable bonds is 3. The number of amides is 1. The number of hydrogen-bond acceptors (Lipinski definition) is 3. The first-order valence-corrected chi connectivity index (χ1v) is 4.76. The standard InChI is InChI=1S/C10H11N5O/c16-10(15-7-4-12-9-15)13-2-1-5-14-6-3-11-8-14/h1,3-9H,2H2,(H,13,16). The third-order valence-electron chi connectivity index (χ3n) is 1.91. The van der Waals surface area contributed by atoms with Crippen LogP contribution in [0.2, 0.25) is 0 Å². The topological polar surface area (TPSA) is 64.7 Å². The van der Waals surface area contributed by atoms with Gasteiger partial charge in [-0.2, -0.15) is 0 Å². The molecule has 2 rings (SSSR count). The number of nitrogens with zero attached hydrogens (tertiary/aromatic N) is 4. The zero-order valence-electron chi connectivity index (χ0n) is 8.52. The largest absolute Gasteiger partial charge is 0.334 e. The summed E-state index contributed by atoms with van der Waals surface area (Å²) in [6.45, 7) is 0.454. The van der Waals surface area contributed by atoms with Gasteiger partial charge in [0, 0.05) is 37.5 Å². The molecule has 0 radical (unpaired) electrons. The van der Waals surface area contributed by atoms with Crippen LogP contribution in [0, 0.1) is 0 Å². The van der Waals surface area contributed by atoms with E-state index in [1.807, 2.05) is 18.5 Å². The smallest absolute Gasteiger partial charge is 0.327 e. The van der Waals surface area contributed by atoms with Gasteiger partial charge in [0.1, 0.15) is 6.33 Å². The zero-order chi connectivity index (χ0) is 11.2. The van der Waals surface area contributed by atoms with E-state index < -0.39 is 0 Å². The Labute approximate surface area is 92.2 Å². The lowest BCUT2D eigenvalue weighted by molar-refractivity contribution is 0.243. The maximum Gasteiger partial charge on any atom is 0.327 e. The van der Waals surface area contributed by atoms with E-state index in [2.05, 4.69) is 15.3 Å². The Morgan fingerprint density at radius 3 is 2.75 bits per heavy atom. The molecule has 0 fully saturated rings. The van der Waals surface area contributed by atoms with Crippen LogP contribution in [0.25, 0.3) is 6.20 Å². The monoisotopic (exact) mass is 217 g/mol. The first-order valence-electron chi connectivity index (χ1n) is 4.76. The summed E-state index contributed by atoms with van der Waals surface area (Å²) in [6, 6.07) is -0.201. The predicted octanol–water partition coefficient (Wildman–Crippen LogP) is 0.808. The Morgan fingerprint density at radius 1 is 1.25 bits per heavy atom. The molecule has 6 nitrogen and oxygen atoms in total. The van der Waals surface area contributed by atoms with Crippen molar-refractivity contribution in [2.45, 2.75) is 0 Å². The van der Waals surface area contributed by atoms with E-state index in [0.29, 0.717) is 6.54 Å². The van der Waals surface area contributed by atoms with Crippen molar-refractivity contribution in [1.82, 2.24) is 24.4 Å². The Morgan fingerprint density at radius 2 is 2.06 bits per heavy atom. The number of imidazole rings is 2. The highest BCUT2D eigenvalue weighted by molar-refractivity contribution is 5.76. The van der Waals surface area contributed by atoms with Crippen LogP contribution in [0.3, 0.4) is 0 Å². The van der Waals surface area contributed by atoms with E-state index in [4.69, 9.17) is 0 Å². The van der Waals surface area contributed by atoms with Gasteiger partial charge in [0.05, 0.1) is 6.33 Å². The summed E-state index contributed by atoms with van der Waals surface area (Å²) in [5.74, 6) is 0. The number of carbonyl (C=O) groups is 1. The molecule has 0 aromatic carbocycles. The maximum atomic E-state index is 11.4. The van der Waals surface area contributed by atoms with Gasteiger partial charge in [-0.05, 0) is 6.08 Å². The van der Waals surface area contributed by atoms with Crippen LogP contribution in [0.15, 0.2) is 43.5 Å². The van der Waals surface area contributed by atoms with Gasteiger partial charge >= 0.3 is 6.03 Å². The maximum absolute atomic E-state index is 11.4. The minimum absolute atomic E-state index is 0.201. The molecular formula is C10H11N5O. The minimum Gasteiger partial charge on any atom is -0.334 e. The molecule has 0 aliphatic carbocycles. The van der Waals surface area contributed by atoms with Gasteiger partial charge in [0.2, 0.25) is 0 Å². The lowest BCUT2D eigenvalue weighted by Crippen LogP contribution is -2.27. The lowest BCUT2D eigenvalue weighted by Gasteiger charge is -2.01. The molecule has 6 heteroatoms. The molecule has 0 unspecified atom stereocenters. The Bertz CT molecular complexity index is 457. The summed E-state index contributed by atoms with van der Waals surface area (Å²) in [5.41, 5.74) is 0. The van der Waals surface area contributed by atoms with Crippen molar-refractivity contribution in [2.24, 2.45) is 0 Å². The van der Waals surface area contributed by atoms with E-state index >= 15 is 0 Å². The fraction of sp³-hybridized carbons (Fsp3) is 0.100. The van der Waals surface area contributed by atoms with Crippen LogP contribution in [-0.2, 0) is 0 Å². The molecule has 0 atom stereocenters. The summed E-state index contributed by atoms with van der Waals surface area (Å²) in [4.78, 5) is 19.1. The van der Waals surface area contributed by atoms with Gasteiger partial charge in [-0.25, -0.2) is 14.8 Å². The average Bonchev–Trinajstić information content (AvgIpc) is 2.96.